The maximum absolute atomic E-state index is 6.78. The largest absolute Gasteiger partial charge is 0.399 e. The molecule has 0 radical (unpaired) electrons. The first kappa shape index (κ1) is 20.1. The fourth-order valence-electron chi connectivity index (χ4n) is 4.98. The van der Waals surface area contributed by atoms with E-state index in [9.17, 15) is 0 Å². The molecule has 0 unspecified atom stereocenters. The van der Waals surface area contributed by atoms with Crippen molar-refractivity contribution in [2.24, 2.45) is 0 Å². The number of rotatable bonds is 3. The van der Waals surface area contributed by atoms with Gasteiger partial charge in [0.1, 0.15) is 0 Å². The molecular weight excluding hydrogens is 412 g/mol. The van der Waals surface area contributed by atoms with Crippen LogP contribution in [-0.4, -0.2) is 0 Å². The highest BCUT2D eigenvalue weighted by Gasteiger charge is 2.20. The van der Waals surface area contributed by atoms with Crippen LogP contribution < -0.4 is 11.5 Å². The quantitative estimate of drug-likeness (QED) is 0.275. The van der Waals surface area contributed by atoms with Crippen LogP contribution in [0.1, 0.15) is 0 Å². The fourth-order valence-corrected chi connectivity index (χ4v) is 4.98. The predicted octanol–water partition coefficient (Wildman–Crippen LogP) is 8.16. The lowest BCUT2D eigenvalue weighted by molar-refractivity contribution is 1.58. The molecule has 2 heteroatoms. The average molecular weight is 437 g/mol. The van der Waals surface area contributed by atoms with Crippen molar-refractivity contribution < 1.29 is 0 Å². The summed E-state index contributed by atoms with van der Waals surface area (Å²) < 4.78 is 0. The van der Waals surface area contributed by atoms with Gasteiger partial charge in [0.2, 0.25) is 0 Å². The summed E-state index contributed by atoms with van der Waals surface area (Å²) in [5, 5.41) is 4.79. The normalized spacial score (nSPS) is 11.2. The summed E-state index contributed by atoms with van der Waals surface area (Å²) in [5.41, 5.74) is 21.0. The lowest BCUT2D eigenvalue weighted by Crippen LogP contribution is -1.98. The van der Waals surface area contributed by atoms with Gasteiger partial charge in [-0.25, -0.2) is 0 Å². The molecule has 4 N–H and O–H groups in total. The van der Waals surface area contributed by atoms with Gasteiger partial charge in [-0.2, -0.15) is 0 Å². The van der Waals surface area contributed by atoms with E-state index >= 15 is 0 Å². The van der Waals surface area contributed by atoms with Crippen molar-refractivity contribution in [2.75, 3.05) is 11.5 Å². The molecule has 0 bridgehead atoms. The molecule has 6 aromatic carbocycles. The van der Waals surface area contributed by atoms with Gasteiger partial charge in [0, 0.05) is 22.5 Å². The van der Waals surface area contributed by atoms with E-state index in [-0.39, 0.29) is 0 Å². The molecule has 0 aliphatic heterocycles. The van der Waals surface area contributed by atoms with Gasteiger partial charge in [-0.3, -0.25) is 0 Å². The second-order valence-corrected chi connectivity index (χ2v) is 8.63. The molecule has 0 aliphatic rings. The lowest BCUT2D eigenvalue weighted by atomic mass is 9.83. The summed E-state index contributed by atoms with van der Waals surface area (Å²) in [6.07, 6.45) is 0. The third kappa shape index (κ3) is 3.28. The minimum atomic E-state index is 0.750. The van der Waals surface area contributed by atoms with Crippen molar-refractivity contribution >= 4 is 32.9 Å². The van der Waals surface area contributed by atoms with Gasteiger partial charge in [-0.1, -0.05) is 103 Å². The van der Waals surface area contributed by atoms with Crippen LogP contribution >= 0.6 is 0 Å². The van der Waals surface area contributed by atoms with Crippen LogP contribution in [0.3, 0.4) is 0 Å². The van der Waals surface area contributed by atoms with Gasteiger partial charge in [-0.05, 0) is 62.0 Å². The highest BCUT2D eigenvalue weighted by atomic mass is 14.6. The number of anilines is 2. The first-order valence-electron chi connectivity index (χ1n) is 11.5. The Morgan fingerprint density at radius 2 is 0.912 bits per heavy atom. The van der Waals surface area contributed by atoms with Crippen LogP contribution in [0.5, 0.6) is 0 Å². The van der Waals surface area contributed by atoms with Gasteiger partial charge in [0.15, 0.2) is 0 Å². The summed E-state index contributed by atoms with van der Waals surface area (Å²) in [7, 11) is 0. The highest BCUT2D eigenvalue weighted by molar-refractivity contribution is 6.11. The Labute approximate surface area is 199 Å². The SMILES string of the molecule is Nc1ccc(-c2ccc(N)c(-c3cccc4ccccc34)c2-c2cccc3ccccc23)cc1. The topological polar surface area (TPSA) is 52.0 Å². The predicted molar refractivity (Wildman–Crippen MR) is 147 cm³/mol. The number of fused-ring (bicyclic) bond motifs is 2. The van der Waals surface area contributed by atoms with Crippen molar-refractivity contribution in [1.29, 1.82) is 0 Å². The minimum absolute atomic E-state index is 0.750. The van der Waals surface area contributed by atoms with E-state index in [1.807, 2.05) is 18.2 Å². The van der Waals surface area contributed by atoms with E-state index in [4.69, 9.17) is 11.5 Å². The molecule has 0 heterocycles. The van der Waals surface area contributed by atoms with Crippen molar-refractivity contribution in [3.05, 3.63) is 121 Å². The molecule has 0 atom stereocenters. The third-order valence-electron chi connectivity index (χ3n) is 6.58. The minimum Gasteiger partial charge on any atom is -0.399 e. The summed E-state index contributed by atoms with van der Waals surface area (Å²) >= 11 is 0. The molecule has 0 fully saturated rings. The number of benzene rings is 6. The van der Waals surface area contributed by atoms with Crippen LogP contribution in [0.15, 0.2) is 121 Å². The Bertz CT molecular complexity index is 1650. The van der Waals surface area contributed by atoms with Crippen LogP contribution in [0.2, 0.25) is 0 Å². The van der Waals surface area contributed by atoms with Crippen molar-refractivity contribution in [2.45, 2.75) is 0 Å². The van der Waals surface area contributed by atoms with Gasteiger partial charge < -0.3 is 11.5 Å². The zero-order chi connectivity index (χ0) is 23.1. The molecule has 6 rings (SSSR count). The Hall–Kier alpha value is -4.56. The van der Waals surface area contributed by atoms with Crippen LogP contribution in [0.25, 0.3) is 54.9 Å². The monoisotopic (exact) mass is 436 g/mol. The molecule has 34 heavy (non-hydrogen) atoms. The Morgan fingerprint density at radius 3 is 1.53 bits per heavy atom. The summed E-state index contributed by atoms with van der Waals surface area (Å²) in [4.78, 5) is 0. The maximum Gasteiger partial charge on any atom is 0.0400 e. The number of hydrogen-bond acceptors (Lipinski definition) is 2. The van der Waals surface area contributed by atoms with Gasteiger partial charge >= 0.3 is 0 Å². The Morgan fingerprint density at radius 1 is 0.382 bits per heavy atom. The molecule has 162 valence electrons. The summed E-state index contributed by atoms with van der Waals surface area (Å²) in [6, 6.07) is 42.2. The number of nitrogens with two attached hydrogens (primary N) is 2. The smallest absolute Gasteiger partial charge is 0.0400 e. The first-order valence-corrected chi connectivity index (χ1v) is 11.5. The first-order chi connectivity index (χ1) is 16.7. The highest BCUT2D eigenvalue weighted by Crippen LogP contribution is 2.47. The van der Waals surface area contributed by atoms with E-state index in [0.29, 0.717) is 0 Å². The van der Waals surface area contributed by atoms with E-state index < -0.39 is 0 Å². The fraction of sp³-hybridized carbons (Fsp3) is 0. The molecule has 2 nitrogen and oxygen atoms in total. The summed E-state index contributed by atoms with van der Waals surface area (Å²) in [5.74, 6) is 0. The standard InChI is InChI=1S/C32H24N2/c33-24-17-15-23(16-18-24)27-19-20-30(34)32(29-14-6-10-22-8-2-4-12-26(22)29)31(27)28-13-5-9-21-7-1-3-11-25(21)28/h1-20H,33-34H2. The van der Waals surface area contributed by atoms with E-state index in [1.54, 1.807) is 0 Å². The lowest BCUT2D eigenvalue weighted by Gasteiger charge is -2.21. The van der Waals surface area contributed by atoms with E-state index in [2.05, 4.69) is 103 Å². The summed E-state index contributed by atoms with van der Waals surface area (Å²) in [6.45, 7) is 0. The second kappa shape index (κ2) is 8.09. The zero-order valence-electron chi connectivity index (χ0n) is 18.7. The maximum atomic E-state index is 6.78. The third-order valence-corrected chi connectivity index (χ3v) is 6.58. The molecule has 0 saturated carbocycles. The molecule has 0 saturated heterocycles. The number of hydrogen-bond donors (Lipinski definition) is 2. The number of nitrogen functional groups attached to an aromatic ring is 2. The zero-order valence-corrected chi connectivity index (χ0v) is 18.7. The van der Waals surface area contributed by atoms with Crippen LogP contribution in [0, 0.1) is 0 Å². The molecule has 6 aromatic rings. The van der Waals surface area contributed by atoms with Gasteiger partial charge in [0.05, 0.1) is 0 Å². The van der Waals surface area contributed by atoms with Crippen molar-refractivity contribution in [3.8, 4) is 33.4 Å². The van der Waals surface area contributed by atoms with Crippen LogP contribution in [0.4, 0.5) is 11.4 Å². The van der Waals surface area contributed by atoms with Crippen LogP contribution in [-0.2, 0) is 0 Å². The molecule has 0 amide bonds. The molecule has 0 aromatic heterocycles. The van der Waals surface area contributed by atoms with Gasteiger partial charge in [-0.15, -0.1) is 0 Å². The van der Waals surface area contributed by atoms with Crippen molar-refractivity contribution in [1.82, 2.24) is 0 Å². The molecular formula is C32H24N2. The van der Waals surface area contributed by atoms with Crippen molar-refractivity contribution in [3.63, 3.8) is 0 Å². The average Bonchev–Trinajstić information content (AvgIpc) is 2.88. The van der Waals surface area contributed by atoms with Gasteiger partial charge in [0.25, 0.3) is 0 Å². The Balaban J connectivity index is 1.78. The molecule has 0 spiro atoms. The van der Waals surface area contributed by atoms with E-state index in [0.717, 1.165) is 39.2 Å². The molecule has 0 aliphatic carbocycles. The Kier molecular flexibility index (Phi) is 4.78. The van der Waals surface area contributed by atoms with E-state index in [1.165, 1.54) is 27.1 Å². The second-order valence-electron chi connectivity index (χ2n) is 8.63.